The molecule has 3 aliphatic carbocycles. The van der Waals surface area contributed by atoms with Crippen molar-refractivity contribution in [3.05, 3.63) is 47.0 Å². The topological polar surface area (TPSA) is 140 Å². The molecule has 9 heteroatoms. The van der Waals surface area contributed by atoms with Crippen molar-refractivity contribution in [3.8, 4) is 0 Å². The van der Waals surface area contributed by atoms with E-state index in [2.05, 4.69) is 0 Å². The van der Waals surface area contributed by atoms with Crippen LogP contribution >= 0.6 is 0 Å². The number of hydrogen-bond acceptors (Lipinski definition) is 9. The average Bonchev–Trinajstić information content (AvgIpc) is 2.85. The molecule has 1 unspecified atom stereocenters. The molecule has 2 bridgehead atoms. The van der Waals surface area contributed by atoms with Crippen molar-refractivity contribution in [3.63, 3.8) is 0 Å². The van der Waals surface area contributed by atoms with Crippen LogP contribution in [0.25, 0.3) is 0 Å². The summed E-state index contributed by atoms with van der Waals surface area (Å²) in [6.07, 6.45) is -5.48. The van der Waals surface area contributed by atoms with Gasteiger partial charge in [0.1, 0.15) is 18.3 Å². The highest BCUT2D eigenvalue weighted by atomic mass is 16.6. The fourth-order valence-corrected chi connectivity index (χ4v) is 7.73. The summed E-state index contributed by atoms with van der Waals surface area (Å²) in [4.78, 5) is 40.2. The van der Waals surface area contributed by atoms with E-state index in [1.54, 1.807) is 44.2 Å². The second-order valence-corrected chi connectivity index (χ2v) is 12.0. The number of ether oxygens (including phenoxy) is 3. The molecule has 1 saturated heterocycles. The van der Waals surface area contributed by atoms with Gasteiger partial charge in [-0.25, -0.2) is 4.79 Å². The summed E-state index contributed by atoms with van der Waals surface area (Å²) in [5, 5.41) is 34.1. The highest BCUT2D eigenvalue weighted by Crippen LogP contribution is 2.62. The van der Waals surface area contributed by atoms with E-state index in [9.17, 15) is 29.7 Å². The molecule has 3 N–H and O–H groups in total. The molecule has 0 aromatic heterocycles. The summed E-state index contributed by atoms with van der Waals surface area (Å²) in [5.74, 6) is -3.54. The van der Waals surface area contributed by atoms with E-state index in [-0.39, 0.29) is 19.4 Å². The molecule has 1 aromatic carbocycles. The van der Waals surface area contributed by atoms with Gasteiger partial charge in [0, 0.05) is 19.3 Å². The number of fused-ring (bicyclic) bond motifs is 5. The van der Waals surface area contributed by atoms with Crippen LogP contribution in [0.1, 0.15) is 57.8 Å². The molecule has 3 fully saturated rings. The zero-order valence-corrected chi connectivity index (χ0v) is 22.3. The summed E-state index contributed by atoms with van der Waals surface area (Å²) < 4.78 is 18.0. The standard InChI is InChI=1S/C29H36O9/c1-14-18(31)11-17-23(37-26(35)16-9-7-6-8-10-16)24-28(5,25(34)22(33)21(14)27(17,3)4)19(32)12-20-29(24,13-36-20)38-15(2)30/h6-10,17-20,22-24,31-33H,11-13H2,1-5H3/t17?,18-,19-,20+,22+,23+,24-,28+,29-/m0/s1. The van der Waals surface area contributed by atoms with Gasteiger partial charge in [-0.2, -0.15) is 0 Å². The third-order valence-corrected chi connectivity index (χ3v) is 9.74. The smallest absolute Gasteiger partial charge is 0.338 e. The Balaban J connectivity index is 1.77. The van der Waals surface area contributed by atoms with Gasteiger partial charge in [0.25, 0.3) is 0 Å². The Morgan fingerprint density at radius 2 is 1.71 bits per heavy atom. The highest BCUT2D eigenvalue weighted by molar-refractivity contribution is 5.93. The van der Waals surface area contributed by atoms with Crippen molar-refractivity contribution in [2.75, 3.05) is 6.61 Å². The molecule has 5 rings (SSSR count). The number of benzene rings is 1. The van der Waals surface area contributed by atoms with Crippen LogP contribution in [0.5, 0.6) is 0 Å². The third kappa shape index (κ3) is 3.62. The van der Waals surface area contributed by atoms with Gasteiger partial charge in [-0.15, -0.1) is 0 Å². The molecular weight excluding hydrogens is 492 g/mol. The molecule has 9 nitrogen and oxygen atoms in total. The Bertz CT molecular complexity index is 1190. The number of Topliss-reactive ketones (excluding diaryl/α,β-unsaturated/α-hetero) is 1. The molecule has 1 aromatic rings. The van der Waals surface area contributed by atoms with E-state index in [1.807, 2.05) is 13.8 Å². The molecule has 1 aliphatic heterocycles. The fraction of sp³-hybridized carbons (Fsp3) is 0.621. The highest BCUT2D eigenvalue weighted by Gasteiger charge is 2.75. The monoisotopic (exact) mass is 528 g/mol. The van der Waals surface area contributed by atoms with Gasteiger partial charge in [-0.1, -0.05) is 32.0 Å². The minimum Gasteiger partial charge on any atom is -0.458 e. The lowest BCUT2D eigenvalue weighted by Crippen LogP contribution is -2.79. The van der Waals surface area contributed by atoms with Gasteiger partial charge in [0.2, 0.25) is 0 Å². The molecule has 2 saturated carbocycles. The molecular formula is C29H36O9. The van der Waals surface area contributed by atoms with Gasteiger partial charge < -0.3 is 29.5 Å². The second-order valence-electron chi connectivity index (χ2n) is 12.0. The molecule has 38 heavy (non-hydrogen) atoms. The van der Waals surface area contributed by atoms with Crippen LogP contribution in [0.4, 0.5) is 0 Å². The van der Waals surface area contributed by atoms with Crippen molar-refractivity contribution in [2.24, 2.45) is 22.7 Å². The Morgan fingerprint density at radius 3 is 2.29 bits per heavy atom. The second kappa shape index (κ2) is 8.98. The Kier molecular flexibility index (Phi) is 6.38. The van der Waals surface area contributed by atoms with Crippen molar-refractivity contribution < 1.29 is 43.9 Å². The van der Waals surface area contributed by atoms with Gasteiger partial charge >= 0.3 is 11.9 Å². The van der Waals surface area contributed by atoms with Crippen molar-refractivity contribution in [2.45, 2.75) is 83.6 Å². The summed E-state index contributed by atoms with van der Waals surface area (Å²) in [5.41, 5.74) is -2.76. The quantitative estimate of drug-likeness (QED) is 0.397. The summed E-state index contributed by atoms with van der Waals surface area (Å²) in [6.45, 7) is 8.17. The van der Waals surface area contributed by atoms with E-state index in [4.69, 9.17) is 14.2 Å². The predicted molar refractivity (Wildman–Crippen MR) is 134 cm³/mol. The Labute approximate surface area is 221 Å². The van der Waals surface area contributed by atoms with Gasteiger partial charge in [-0.05, 0) is 49.0 Å². The number of rotatable bonds is 3. The maximum atomic E-state index is 14.3. The number of carbonyl (C=O) groups is 3. The first-order valence-electron chi connectivity index (χ1n) is 13.1. The molecule has 206 valence electrons. The lowest BCUT2D eigenvalue weighted by atomic mass is 9.46. The van der Waals surface area contributed by atoms with Crippen LogP contribution in [-0.4, -0.2) is 75.8 Å². The molecule has 0 radical (unpaired) electrons. The van der Waals surface area contributed by atoms with Crippen molar-refractivity contribution in [1.82, 2.24) is 0 Å². The number of carbonyl (C=O) groups excluding carboxylic acids is 3. The largest absolute Gasteiger partial charge is 0.458 e. The first kappa shape index (κ1) is 27.0. The number of aliphatic hydroxyl groups excluding tert-OH is 3. The first-order valence-corrected chi connectivity index (χ1v) is 13.1. The minimum absolute atomic E-state index is 0.00675. The van der Waals surface area contributed by atoms with Gasteiger partial charge in [-0.3, -0.25) is 9.59 Å². The number of aliphatic hydroxyl groups is 3. The van der Waals surface area contributed by atoms with Crippen LogP contribution < -0.4 is 0 Å². The average molecular weight is 529 g/mol. The fourth-order valence-electron chi connectivity index (χ4n) is 7.73. The van der Waals surface area contributed by atoms with E-state index in [1.165, 1.54) is 6.92 Å². The van der Waals surface area contributed by atoms with Gasteiger partial charge in [0.15, 0.2) is 11.4 Å². The lowest BCUT2D eigenvalue weighted by molar-refractivity contribution is -0.335. The number of ketones is 1. The van der Waals surface area contributed by atoms with E-state index in [0.717, 1.165) is 0 Å². The molecule has 9 atom stereocenters. The summed E-state index contributed by atoms with van der Waals surface area (Å²) in [7, 11) is 0. The lowest BCUT2D eigenvalue weighted by Gasteiger charge is -2.65. The van der Waals surface area contributed by atoms with Crippen molar-refractivity contribution in [1.29, 1.82) is 0 Å². The van der Waals surface area contributed by atoms with E-state index >= 15 is 0 Å². The van der Waals surface area contributed by atoms with E-state index in [0.29, 0.717) is 16.7 Å². The minimum atomic E-state index is -1.65. The van der Waals surface area contributed by atoms with Gasteiger partial charge in [0.05, 0.1) is 35.7 Å². The molecule has 0 amide bonds. The van der Waals surface area contributed by atoms with Crippen LogP contribution in [0, 0.1) is 22.7 Å². The number of esters is 2. The van der Waals surface area contributed by atoms with Crippen LogP contribution in [0.3, 0.4) is 0 Å². The maximum absolute atomic E-state index is 14.3. The van der Waals surface area contributed by atoms with E-state index < -0.39 is 76.5 Å². The zero-order chi connectivity index (χ0) is 27.8. The predicted octanol–water partition coefficient (Wildman–Crippen LogP) is 1.97. The SMILES string of the molecule is CC(=O)O[C@@]12CO[C@@H]1C[C@H](O)[C@@]1(C)C(=O)[C@H](O)C3=C(C)[C@@H](O)CC([C@@H](OC(=O)c4ccccc4)[C@H]21)C3(C)C. The zero-order valence-electron chi connectivity index (χ0n) is 22.3. The molecule has 4 aliphatic rings. The molecule has 1 heterocycles. The first-order chi connectivity index (χ1) is 17.8. The number of hydrogen-bond donors (Lipinski definition) is 3. The molecule has 0 spiro atoms. The summed E-state index contributed by atoms with van der Waals surface area (Å²) in [6, 6.07) is 8.41. The Hall–Kier alpha value is -2.59. The van der Waals surface area contributed by atoms with Crippen LogP contribution in [-0.2, 0) is 23.8 Å². The maximum Gasteiger partial charge on any atom is 0.338 e. The Morgan fingerprint density at radius 1 is 1.05 bits per heavy atom. The summed E-state index contributed by atoms with van der Waals surface area (Å²) >= 11 is 0. The normalized spacial score (nSPS) is 41.6. The third-order valence-electron chi connectivity index (χ3n) is 9.74. The van der Waals surface area contributed by atoms with Crippen molar-refractivity contribution >= 4 is 17.7 Å². The van der Waals surface area contributed by atoms with Crippen LogP contribution in [0.15, 0.2) is 41.5 Å². The van der Waals surface area contributed by atoms with Crippen LogP contribution in [0.2, 0.25) is 0 Å².